The van der Waals surface area contributed by atoms with E-state index in [0.717, 1.165) is 24.1 Å². The zero-order valence-electron chi connectivity index (χ0n) is 13.8. The van der Waals surface area contributed by atoms with Gasteiger partial charge in [0, 0.05) is 19.2 Å². The molecule has 2 aromatic rings. The van der Waals surface area contributed by atoms with Gasteiger partial charge in [-0.25, -0.2) is 0 Å². The second-order valence-corrected chi connectivity index (χ2v) is 6.03. The second-order valence-electron chi connectivity index (χ2n) is 6.03. The highest BCUT2D eigenvalue weighted by atomic mass is 16.2. The standard InChI is InChI=1S/C16H20N6O2/c1-11-5-7-12(8-6-11)15-18-20-22(19-15)10-14(23)17-13-4-3-9-21(2)16(13)24/h5-8,13H,3-4,9-10H2,1-2H3,(H,17,23). The molecular formula is C16H20N6O2. The van der Waals surface area contributed by atoms with Gasteiger partial charge in [0.1, 0.15) is 12.6 Å². The molecule has 0 radical (unpaired) electrons. The van der Waals surface area contributed by atoms with E-state index in [2.05, 4.69) is 20.7 Å². The zero-order chi connectivity index (χ0) is 17.1. The lowest BCUT2D eigenvalue weighted by atomic mass is 10.1. The first-order valence-electron chi connectivity index (χ1n) is 7.92. The summed E-state index contributed by atoms with van der Waals surface area (Å²) in [4.78, 5) is 27.0. The lowest BCUT2D eigenvalue weighted by Gasteiger charge is -2.29. The number of likely N-dealkylation sites (tertiary alicyclic amines) is 1. The molecule has 8 heteroatoms. The van der Waals surface area contributed by atoms with Crippen LogP contribution in [0.3, 0.4) is 0 Å². The van der Waals surface area contributed by atoms with Crippen LogP contribution in [0.1, 0.15) is 18.4 Å². The fourth-order valence-corrected chi connectivity index (χ4v) is 2.66. The van der Waals surface area contributed by atoms with E-state index < -0.39 is 6.04 Å². The van der Waals surface area contributed by atoms with Gasteiger partial charge in [0.2, 0.25) is 17.6 Å². The molecule has 1 aliphatic rings. The van der Waals surface area contributed by atoms with Gasteiger partial charge in [0.15, 0.2) is 0 Å². The molecular weight excluding hydrogens is 308 g/mol. The number of piperidine rings is 1. The minimum absolute atomic E-state index is 0.0542. The van der Waals surface area contributed by atoms with Crippen LogP contribution in [0, 0.1) is 6.92 Å². The molecule has 2 amide bonds. The number of hydrogen-bond donors (Lipinski definition) is 1. The van der Waals surface area contributed by atoms with E-state index in [9.17, 15) is 9.59 Å². The SMILES string of the molecule is Cc1ccc(-c2nnn(CC(=O)NC3CCCN(C)C3=O)n2)cc1. The monoisotopic (exact) mass is 328 g/mol. The van der Waals surface area contributed by atoms with E-state index in [4.69, 9.17) is 0 Å². The number of amides is 2. The third-order valence-electron chi connectivity index (χ3n) is 4.04. The van der Waals surface area contributed by atoms with Gasteiger partial charge in [0.05, 0.1) is 0 Å². The van der Waals surface area contributed by atoms with E-state index in [1.807, 2.05) is 31.2 Å². The molecule has 3 rings (SSSR count). The van der Waals surface area contributed by atoms with Gasteiger partial charge >= 0.3 is 0 Å². The number of aryl methyl sites for hydroxylation is 1. The molecule has 1 fully saturated rings. The molecule has 8 nitrogen and oxygen atoms in total. The van der Waals surface area contributed by atoms with Crippen LogP contribution in [0.4, 0.5) is 0 Å². The van der Waals surface area contributed by atoms with E-state index in [1.54, 1.807) is 11.9 Å². The van der Waals surface area contributed by atoms with Gasteiger partial charge in [-0.3, -0.25) is 9.59 Å². The van der Waals surface area contributed by atoms with Crippen molar-refractivity contribution in [2.24, 2.45) is 0 Å². The number of tetrazole rings is 1. The summed E-state index contributed by atoms with van der Waals surface area (Å²) in [5, 5.41) is 14.8. The van der Waals surface area contributed by atoms with E-state index in [-0.39, 0.29) is 18.4 Å². The Hall–Kier alpha value is -2.77. The minimum atomic E-state index is -0.462. The Balaban J connectivity index is 1.61. The maximum absolute atomic E-state index is 12.1. The lowest BCUT2D eigenvalue weighted by molar-refractivity contribution is -0.137. The normalized spacial score (nSPS) is 17.8. The summed E-state index contributed by atoms with van der Waals surface area (Å²) in [7, 11) is 1.74. The van der Waals surface area contributed by atoms with Gasteiger partial charge < -0.3 is 10.2 Å². The van der Waals surface area contributed by atoms with Crippen molar-refractivity contribution in [3.8, 4) is 11.4 Å². The molecule has 1 aromatic carbocycles. The smallest absolute Gasteiger partial charge is 0.244 e. The van der Waals surface area contributed by atoms with Crippen LogP contribution in [0.15, 0.2) is 24.3 Å². The lowest BCUT2D eigenvalue weighted by Crippen LogP contribution is -2.51. The molecule has 1 unspecified atom stereocenters. The van der Waals surface area contributed by atoms with Gasteiger partial charge in [-0.15, -0.1) is 10.2 Å². The zero-order valence-corrected chi connectivity index (χ0v) is 13.8. The number of likely N-dealkylation sites (N-methyl/N-ethyl adjacent to an activating group) is 1. The maximum atomic E-state index is 12.1. The number of aromatic nitrogens is 4. The summed E-state index contributed by atoms with van der Waals surface area (Å²) in [5.41, 5.74) is 1.99. The van der Waals surface area contributed by atoms with Gasteiger partial charge in [0.25, 0.3) is 0 Å². The fraction of sp³-hybridized carbons (Fsp3) is 0.438. The first-order valence-corrected chi connectivity index (χ1v) is 7.92. The van der Waals surface area contributed by atoms with Gasteiger partial charge in [-0.1, -0.05) is 29.8 Å². The number of rotatable bonds is 4. The van der Waals surface area contributed by atoms with Crippen molar-refractivity contribution in [3.05, 3.63) is 29.8 Å². The van der Waals surface area contributed by atoms with Gasteiger partial charge in [-0.2, -0.15) is 4.80 Å². The summed E-state index contributed by atoms with van der Waals surface area (Å²) in [5.74, 6) is 0.120. The van der Waals surface area contributed by atoms with E-state index >= 15 is 0 Å². The van der Waals surface area contributed by atoms with Crippen molar-refractivity contribution in [1.29, 1.82) is 0 Å². The summed E-state index contributed by atoms with van der Waals surface area (Å²) in [6.45, 7) is 2.67. The number of benzene rings is 1. The molecule has 0 spiro atoms. The molecule has 1 aromatic heterocycles. The van der Waals surface area contributed by atoms with Crippen molar-refractivity contribution in [2.75, 3.05) is 13.6 Å². The topological polar surface area (TPSA) is 93.0 Å². The third-order valence-corrected chi connectivity index (χ3v) is 4.04. The molecule has 0 aliphatic carbocycles. The van der Waals surface area contributed by atoms with Crippen LogP contribution >= 0.6 is 0 Å². The van der Waals surface area contributed by atoms with Crippen molar-refractivity contribution in [2.45, 2.75) is 32.4 Å². The predicted octanol–water partition coefficient (Wildman–Crippen LogP) is 0.386. The first-order chi connectivity index (χ1) is 11.5. The summed E-state index contributed by atoms with van der Waals surface area (Å²) >= 11 is 0. The van der Waals surface area contributed by atoms with E-state index in [0.29, 0.717) is 12.2 Å². The van der Waals surface area contributed by atoms with Crippen LogP contribution < -0.4 is 5.32 Å². The fourth-order valence-electron chi connectivity index (χ4n) is 2.66. The number of carbonyl (C=O) groups is 2. The van der Waals surface area contributed by atoms with Crippen molar-refractivity contribution in [3.63, 3.8) is 0 Å². The second kappa shape index (κ2) is 6.77. The molecule has 1 aliphatic heterocycles. The van der Waals surface area contributed by atoms with Crippen LogP contribution in [0.25, 0.3) is 11.4 Å². The number of hydrogen-bond acceptors (Lipinski definition) is 5. The quantitative estimate of drug-likeness (QED) is 0.876. The molecule has 1 N–H and O–H groups in total. The minimum Gasteiger partial charge on any atom is -0.344 e. The number of nitrogens with zero attached hydrogens (tertiary/aromatic N) is 5. The number of carbonyl (C=O) groups excluding carboxylic acids is 2. The Labute approximate surface area is 139 Å². The van der Waals surface area contributed by atoms with Gasteiger partial charge in [-0.05, 0) is 25.0 Å². The van der Waals surface area contributed by atoms with Crippen LogP contribution in [0.2, 0.25) is 0 Å². The van der Waals surface area contributed by atoms with E-state index in [1.165, 1.54) is 4.80 Å². The van der Waals surface area contributed by atoms with Crippen LogP contribution in [0.5, 0.6) is 0 Å². The Morgan fingerprint density at radius 1 is 1.33 bits per heavy atom. The predicted molar refractivity (Wildman–Crippen MR) is 86.8 cm³/mol. The maximum Gasteiger partial charge on any atom is 0.244 e. The molecule has 0 saturated carbocycles. The average Bonchev–Trinajstić information content (AvgIpc) is 3.01. The Bertz CT molecular complexity index is 739. The molecule has 2 heterocycles. The van der Waals surface area contributed by atoms with Crippen LogP contribution in [-0.2, 0) is 16.1 Å². The van der Waals surface area contributed by atoms with Crippen LogP contribution in [-0.4, -0.2) is 56.6 Å². The van der Waals surface area contributed by atoms with Crippen molar-refractivity contribution >= 4 is 11.8 Å². The molecule has 1 atom stereocenters. The highest BCUT2D eigenvalue weighted by Gasteiger charge is 2.27. The largest absolute Gasteiger partial charge is 0.344 e. The average molecular weight is 328 g/mol. The number of nitrogens with one attached hydrogen (secondary N) is 1. The molecule has 24 heavy (non-hydrogen) atoms. The third kappa shape index (κ3) is 3.58. The highest BCUT2D eigenvalue weighted by Crippen LogP contribution is 2.14. The Kier molecular flexibility index (Phi) is 4.54. The Morgan fingerprint density at radius 3 is 2.83 bits per heavy atom. The highest BCUT2D eigenvalue weighted by molar-refractivity contribution is 5.87. The summed E-state index contributed by atoms with van der Waals surface area (Å²) < 4.78 is 0. The summed E-state index contributed by atoms with van der Waals surface area (Å²) in [6.07, 6.45) is 1.54. The molecule has 0 bridgehead atoms. The van der Waals surface area contributed by atoms with Crippen molar-refractivity contribution in [1.82, 2.24) is 30.4 Å². The molecule has 126 valence electrons. The first kappa shape index (κ1) is 16.1. The summed E-state index contributed by atoms with van der Waals surface area (Å²) in [6, 6.07) is 7.29. The molecule has 1 saturated heterocycles. The Morgan fingerprint density at radius 2 is 2.08 bits per heavy atom. The van der Waals surface area contributed by atoms with Crippen molar-refractivity contribution < 1.29 is 9.59 Å².